The number of hydrogen-bond donors (Lipinski definition) is 0. The topological polar surface area (TPSA) is 29.3 Å². The molecule has 2 aromatic carbocycles. The van der Waals surface area contributed by atoms with Crippen LogP contribution in [0.2, 0.25) is 0 Å². The molecule has 4 rings (SSSR count). The lowest BCUT2D eigenvalue weighted by atomic mass is 10.1. The first-order valence-corrected chi connectivity index (χ1v) is 8.16. The molecular formula is C19H19FN2O. The smallest absolute Gasteiger partial charge is 0.298 e. The molecule has 0 spiro atoms. The summed E-state index contributed by atoms with van der Waals surface area (Å²) in [5.74, 6) is -0.206. The molecule has 1 aliphatic carbocycles. The van der Waals surface area contributed by atoms with E-state index >= 15 is 0 Å². The molecule has 1 heterocycles. The Kier molecular flexibility index (Phi) is 3.74. The summed E-state index contributed by atoms with van der Waals surface area (Å²) in [5, 5.41) is 0. The van der Waals surface area contributed by atoms with Gasteiger partial charge < -0.3 is 9.32 Å². The molecular weight excluding hydrogens is 291 g/mol. The third kappa shape index (κ3) is 2.93. The van der Waals surface area contributed by atoms with E-state index in [1.54, 1.807) is 0 Å². The Morgan fingerprint density at radius 3 is 2.52 bits per heavy atom. The van der Waals surface area contributed by atoms with Crippen molar-refractivity contribution in [3.63, 3.8) is 0 Å². The third-order valence-electron chi connectivity index (χ3n) is 4.56. The maximum Gasteiger partial charge on any atom is 0.298 e. The minimum atomic E-state index is -0.206. The highest BCUT2D eigenvalue weighted by atomic mass is 19.1. The van der Waals surface area contributed by atoms with Gasteiger partial charge in [0, 0.05) is 12.6 Å². The molecule has 3 aromatic rings. The van der Waals surface area contributed by atoms with Gasteiger partial charge in [-0.05, 0) is 42.7 Å². The molecule has 3 nitrogen and oxygen atoms in total. The van der Waals surface area contributed by atoms with Gasteiger partial charge in [0.1, 0.15) is 11.3 Å². The van der Waals surface area contributed by atoms with E-state index in [1.807, 2.05) is 36.4 Å². The van der Waals surface area contributed by atoms with E-state index in [0.717, 1.165) is 29.5 Å². The van der Waals surface area contributed by atoms with Gasteiger partial charge in [0.05, 0.1) is 0 Å². The zero-order valence-corrected chi connectivity index (χ0v) is 12.9. The minimum Gasteiger partial charge on any atom is -0.423 e. The van der Waals surface area contributed by atoms with Gasteiger partial charge in [-0.3, -0.25) is 0 Å². The number of benzene rings is 2. The highest BCUT2D eigenvalue weighted by Crippen LogP contribution is 2.31. The van der Waals surface area contributed by atoms with E-state index < -0.39 is 0 Å². The fourth-order valence-corrected chi connectivity index (χ4v) is 3.34. The van der Waals surface area contributed by atoms with Crippen molar-refractivity contribution in [2.45, 2.75) is 38.3 Å². The van der Waals surface area contributed by atoms with E-state index in [1.165, 1.54) is 25.0 Å². The zero-order valence-electron chi connectivity index (χ0n) is 12.9. The Labute approximate surface area is 134 Å². The van der Waals surface area contributed by atoms with Gasteiger partial charge in [0.2, 0.25) is 0 Å². The average molecular weight is 310 g/mol. The van der Waals surface area contributed by atoms with Crippen LogP contribution in [0.15, 0.2) is 52.9 Å². The molecule has 1 aromatic heterocycles. The molecule has 0 radical (unpaired) electrons. The predicted octanol–water partition coefficient (Wildman–Crippen LogP) is 4.92. The summed E-state index contributed by atoms with van der Waals surface area (Å²) in [6.07, 6.45) is 4.79. The molecule has 0 aliphatic heterocycles. The zero-order chi connectivity index (χ0) is 15.6. The maximum absolute atomic E-state index is 13.1. The number of nitrogens with zero attached hydrogens (tertiary/aromatic N) is 2. The second-order valence-electron chi connectivity index (χ2n) is 6.16. The van der Waals surface area contributed by atoms with Crippen LogP contribution in [-0.2, 0) is 6.54 Å². The van der Waals surface area contributed by atoms with E-state index in [-0.39, 0.29) is 5.82 Å². The van der Waals surface area contributed by atoms with Crippen LogP contribution in [0.1, 0.15) is 31.2 Å². The van der Waals surface area contributed by atoms with Gasteiger partial charge in [-0.2, -0.15) is 4.98 Å². The largest absolute Gasteiger partial charge is 0.423 e. The number of anilines is 1. The van der Waals surface area contributed by atoms with Crippen LogP contribution in [0.4, 0.5) is 10.4 Å². The van der Waals surface area contributed by atoms with Gasteiger partial charge in [-0.15, -0.1) is 0 Å². The molecule has 0 amide bonds. The van der Waals surface area contributed by atoms with Crippen molar-refractivity contribution in [1.29, 1.82) is 0 Å². The molecule has 0 saturated heterocycles. The number of aromatic nitrogens is 1. The lowest BCUT2D eigenvalue weighted by molar-refractivity contribution is 0.509. The average Bonchev–Trinajstić information content (AvgIpc) is 3.23. The summed E-state index contributed by atoms with van der Waals surface area (Å²) in [7, 11) is 0. The number of hydrogen-bond acceptors (Lipinski definition) is 3. The van der Waals surface area contributed by atoms with E-state index in [0.29, 0.717) is 18.6 Å². The normalized spacial score (nSPS) is 15.3. The SMILES string of the molecule is Fc1ccc(CN(c2nc3ccccc3o2)C2CCCC2)cc1. The Morgan fingerprint density at radius 1 is 1.04 bits per heavy atom. The van der Waals surface area contributed by atoms with Crippen LogP contribution < -0.4 is 4.90 Å². The van der Waals surface area contributed by atoms with E-state index in [9.17, 15) is 4.39 Å². The van der Waals surface area contributed by atoms with Crippen molar-refractivity contribution < 1.29 is 8.81 Å². The molecule has 0 N–H and O–H groups in total. The minimum absolute atomic E-state index is 0.206. The van der Waals surface area contributed by atoms with E-state index in [4.69, 9.17) is 4.42 Å². The monoisotopic (exact) mass is 310 g/mol. The van der Waals surface area contributed by atoms with Crippen LogP contribution in [0.3, 0.4) is 0 Å². The molecule has 1 saturated carbocycles. The highest BCUT2D eigenvalue weighted by Gasteiger charge is 2.26. The standard InChI is InChI=1S/C19H19FN2O/c20-15-11-9-14(10-12-15)13-22(16-5-1-2-6-16)19-21-17-7-3-4-8-18(17)23-19/h3-4,7-12,16H,1-2,5-6,13H2. The van der Waals surface area contributed by atoms with Crippen LogP contribution in [0, 0.1) is 5.82 Å². The first-order valence-electron chi connectivity index (χ1n) is 8.16. The second kappa shape index (κ2) is 6.03. The van der Waals surface area contributed by atoms with Crippen molar-refractivity contribution in [3.05, 3.63) is 59.9 Å². The number of halogens is 1. The van der Waals surface area contributed by atoms with E-state index in [2.05, 4.69) is 9.88 Å². The quantitative estimate of drug-likeness (QED) is 0.685. The summed E-state index contributed by atoms with van der Waals surface area (Å²) in [5.41, 5.74) is 2.76. The molecule has 0 atom stereocenters. The first-order chi connectivity index (χ1) is 11.3. The Bertz CT molecular complexity index is 757. The third-order valence-corrected chi connectivity index (χ3v) is 4.56. The molecule has 23 heavy (non-hydrogen) atoms. The Morgan fingerprint density at radius 2 is 1.78 bits per heavy atom. The summed E-state index contributed by atoms with van der Waals surface area (Å²) in [6.45, 7) is 0.692. The lowest BCUT2D eigenvalue weighted by Gasteiger charge is -2.27. The van der Waals surface area contributed by atoms with Crippen LogP contribution in [0.25, 0.3) is 11.1 Å². The van der Waals surface area contributed by atoms with Crippen molar-refractivity contribution in [3.8, 4) is 0 Å². The van der Waals surface area contributed by atoms with Gasteiger partial charge in [0.15, 0.2) is 5.58 Å². The van der Waals surface area contributed by atoms with Gasteiger partial charge in [0.25, 0.3) is 6.01 Å². The van der Waals surface area contributed by atoms with Crippen molar-refractivity contribution in [2.75, 3.05) is 4.90 Å². The van der Waals surface area contributed by atoms with Crippen molar-refractivity contribution >= 4 is 17.1 Å². The number of oxazole rings is 1. The summed E-state index contributed by atoms with van der Waals surface area (Å²) in [4.78, 5) is 6.89. The Hall–Kier alpha value is -2.36. The fourth-order valence-electron chi connectivity index (χ4n) is 3.34. The summed E-state index contributed by atoms with van der Waals surface area (Å²) in [6, 6.07) is 15.6. The molecule has 0 unspecified atom stereocenters. The fraction of sp³-hybridized carbons (Fsp3) is 0.316. The lowest BCUT2D eigenvalue weighted by Crippen LogP contribution is -2.32. The molecule has 0 bridgehead atoms. The Balaban J connectivity index is 1.68. The van der Waals surface area contributed by atoms with Crippen LogP contribution >= 0.6 is 0 Å². The molecule has 1 fully saturated rings. The number of fused-ring (bicyclic) bond motifs is 1. The van der Waals surface area contributed by atoms with Crippen molar-refractivity contribution in [2.24, 2.45) is 0 Å². The van der Waals surface area contributed by atoms with Gasteiger partial charge in [-0.25, -0.2) is 4.39 Å². The second-order valence-corrected chi connectivity index (χ2v) is 6.16. The van der Waals surface area contributed by atoms with Crippen molar-refractivity contribution in [1.82, 2.24) is 4.98 Å². The maximum atomic E-state index is 13.1. The number of para-hydroxylation sites is 2. The number of rotatable bonds is 4. The predicted molar refractivity (Wildman–Crippen MR) is 88.8 cm³/mol. The summed E-state index contributed by atoms with van der Waals surface area (Å²) >= 11 is 0. The summed E-state index contributed by atoms with van der Waals surface area (Å²) < 4.78 is 19.1. The van der Waals surface area contributed by atoms with Crippen LogP contribution in [0.5, 0.6) is 0 Å². The molecule has 1 aliphatic rings. The first kappa shape index (κ1) is 14.2. The highest BCUT2D eigenvalue weighted by molar-refractivity contribution is 5.74. The van der Waals surface area contributed by atoms with Gasteiger partial charge >= 0.3 is 0 Å². The molecule has 118 valence electrons. The molecule has 4 heteroatoms. The van der Waals surface area contributed by atoms with Gasteiger partial charge in [-0.1, -0.05) is 37.1 Å². The van der Waals surface area contributed by atoms with Crippen LogP contribution in [-0.4, -0.2) is 11.0 Å².